The van der Waals surface area contributed by atoms with Crippen molar-refractivity contribution in [2.45, 2.75) is 43.9 Å². The SMILES string of the molecule is Cc1c(C)c2c(c(C)c1O)SC(CCCOCCN(C)C)O2. The third kappa shape index (κ3) is 3.89. The second-order valence-electron chi connectivity index (χ2n) is 6.10. The number of nitrogens with zero attached hydrogens (tertiary/aromatic N) is 1. The minimum absolute atomic E-state index is 0.131. The fraction of sp³-hybridized carbons (Fsp3) is 0.647. The Bertz CT molecular complexity index is 494. The Labute approximate surface area is 137 Å². The third-order valence-electron chi connectivity index (χ3n) is 4.07. The van der Waals surface area contributed by atoms with Gasteiger partial charge >= 0.3 is 0 Å². The molecule has 4 nitrogen and oxygen atoms in total. The number of aromatic hydroxyl groups is 1. The summed E-state index contributed by atoms with van der Waals surface area (Å²) < 4.78 is 11.7. The van der Waals surface area contributed by atoms with Gasteiger partial charge in [0.25, 0.3) is 0 Å². The molecule has 0 spiro atoms. The average molecular weight is 325 g/mol. The first-order valence-electron chi connectivity index (χ1n) is 7.80. The van der Waals surface area contributed by atoms with Gasteiger partial charge in [-0.25, -0.2) is 0 Å². The van der Waals surface area contributed by atoms with E-state index in [-0.39, 0.29) is 5.44 Å². The van der Waals surface area contributed by atoms with E-state index >= 15 is 0 Å². The zero-order chi connectivity index (χ0) is 16.3. The number of phenolic OH excluding ortho intramolecular Hbond substituents is 1. The zero-order valence-electron chi connectivity index (χ0n) is 14.2. The smallest absolute Gasteiger partial charge is 0.149 e. The van der Waals surface area contributed by atoms with Gasteiger partial charge in [-0.05, 0) is 58.8 Å². The Hall–Kier alpha value is -0.910. The molecule has 124 valence electrons. The lowest BCUT2D eigenvalue weighted by Crippen LogP contribution is -2.18. The number of phenols is 1. The Morgan fingerprint density at radius 3 is 2.55 bits per heavy atom. The second kappa shape index (κ2) is 7.57. The van der Waals surface area contributed by atoms with E-state index in [0.29, 0.717) is 5.75 Å². The van der Waals surface area contributed by atoms with Gasteiger partial charge in [-0.1, -0.05) is 11.8 Å². The van der Waals surface area contributed by atoms with Gasteiger partial charge in [0.2, 0.25) is 0 Å². The first kappa shape index (κ1) is 17.4. The summed E-state index contributed by atoms with van der Waals surface area (Å²) >= 11 is 1.72. The predicted octanol–water partition coefficient (Wildman–Crippen LogP) is 3.49. The van der Waals surface area contributed by atoms with Crippen molar-refractivity contribution in [2.75, 3.05) is 33.9 Å². The van der Waals surface area contributed by atoms with Crippen LogP contribution in [-0.2, 0) is 4.74 Å². The number of fused-ring (bicyclic) bond motifs is 1. The highest BCUT2D eigenvalue weighted by Crippen LogP contribution is 2.50. The molecule has 2 rings (SSSR count). The van der Waals surface area contributed by atoms with Crippen LogP contribution in [0.4, 0.5) is 0 Å². The van der Waals surface area contributed by atoms with Crippen molar-refractivity contribution < 1.29 is 14.6 Å². The molecule has 1 N–H and O–H groups in total. The Kier molecular flexibility index (Phi) is 6.01. The molecule has 0 bridgehead atoms. The molecule has 0 saturated heterocycles. The maximum Gasteiger partial charge on any atom is 0.149 e. The summed E-state index contributed by atoms with van der Waals surface area (Å²) in [4.78, 5) is 3.21. The van der Waals surface area contributed by atoms with E-state index in [1.807, 2.05) is 34.9 Å². The minimum atomic E-state index is 0.131. The summed E-state index contributed by atoms with van der Waals surface area (Å²) in [6.45, 7) is 8.42. The van der Waals surface area contributed by atoms with E-state index in [1.54, 1.807) is 11.8 Å². The van der Waals surface area contributed by atoms with Crippen molar-refractivity contribution in [1.29, 1.82) is 0 Å². The zero-order valence-corrected chi connectivity index (χ0v) is 15.0. The molecule has 1 aliphatic rings. The number of thioether (sulfide) groups is 1. The molecule has 1 aromatic carbocycles. The standard InChI is InChI=1S/C17H27NO3S/c1-11-12(2)16-17(13(3)15(11)19)22-14(21-16)7-6-9-20-10-8-18(4)5/h14,19H,6-10H2,1-5H3. The fourth-order valence-electron chi connectivity index (χ4n) is 2.47. The molecule has 0 radical (unpaired) electrons. The lowest BCUT2D eigenvalue weighted by atomic mass is 10.0. The van der Waals surface area contributed by atoms with Gasteiger partial charge in [-0.15, -0.1) is 0 Å². The van der Waals surface area contributed by atoms with Crippen LogP contribution in [0.2, 0.25) is 0 Å². The van der Waals surface area contributed by atoms with E-state index in [9.17, 15) is 5.11 Å². The van der Waals surface area contributed by atoms with Crippen molar-refractivity contribution >= 4 is 11.8 Å². The molecule has 0 saturated carbocycles. The van der Waals surface area contributed by atoms with E-state index in [4.69, 9.17) is 9.47 Å². The molecule has 5 heteroatoms. The number of likely N-dealkylation sites (N-methyl/N-ethyl adjacent to an activating group) is 1. The van der Waals surface area contributed by atoms with Gasteiger partial charge in [0, 0.05) is 18.7 Å². The van der Waals surface area contributed by atoms with Crippen molar-refractivity contribution in [2.24, 2.45) is 0 Å². The Morgan fingerprint density at radius 1 is 1.14 bits per heavy atom. The summed E-state index contributed by atoms with van der Waals surface area (Å²) in [6.07, 6.45) is 1.95. The minimum Gasteiger partial charge on any atom is -0.507 e. The van der Waals surface area contributed by atoms with E-state index in [0.717, 1.165) is 59.9 Å². The molecule has 1 aliphatic heterocycles. The van der Waals surface area contributed by atoms with Crippen molar-refractivity contribution in [3.63, 3.8) is 0 Å². The summed E-state index contributed by atoms with van der Waals surface area (Å²) in [5.74, 6) is 1.36. The van der Waals surface area contributed by atoms with Crippen LogP contribution in [0.5, 0.6) is 11.5 Å². The molecule has 1 aromatic rings. The van der Waals surface area contributed by atoms with E-state index in [2.05, 4.69) is 4.90 Å². The van der Waals surface area contributed by atoms with Crippen molar-refractivity contribution in [3.05, 3.63) is 16.7 Å². The topological polar surface area (TPSA) is 41.9 Å². The number of rotatable bonds is 7. The quantitative estimate of drug-likeness (QED) is 0.777. The third-order valence-corrected chi connectivity index (χ3v) is 5.39. The van der Waals surface area contributed by atoms with Gasteiger partial charge in [-0.3, -0.25) is 0 Å². The monoisotopic (exact) mass is 325 g/mol. The molecular weight excluding hydrogens is 298 g/mol. The van der Waals surface area contributed by atoms with Crippen LogP contribution in [0.3, 0.4) is 0 Å². The first-order valence-corrected chi connectivity index (χ1v) is 8.68. The first-order chi connectivity index (χ1) is 10.4. The molecule has 0 aromatic heterocycles. The van der Waals surface area contributed by atoms with E-state index in [1.165, 1.54) is 0 Å². The Morgan fingerprint density at radius 2 is 1.86 bits per heavy atom. The predicted molar refractivity (Wildman–Crippen MR) is 91.2 cm³/mol. The molecule has 0 fully saturated rings. The largest absolute Gasteiger partial charge is 0.507 e. The molecule has 1 atom stereocenters. The molecule has 1 unspecified atom stereocenters. The normalized spacial score (nSPS) is 16.9. The fourth-order valence-corrected chi connectivity index (χ4v) is 3.74. The number of ether oxygens (including phenoxy) is 2. The lowest BCUT2D eigenvalue weighted by Gasteiger charge is -2.13. The summed E-state index contributed by atoms with van der Waals surface area (Å²) in [6, 6.07) is 0. The van der Waals surface area contributed by atoms with Crippen molar-refractivity contribution in [3.8, 4) is 11.5 Å². The maximum absolute atomic E-state index is 10.2. The number of benzene rings is 1. The van der Waals surface area contributed by atoms with Crippen molar-refractivity contribution in [1.82, 2.24) is 4.90 Å². The Balaban J connectivity index is 1.83. The summed E-state index contributed by atoms with van der Waals surface area (Å²) in [5.41, 5.74) is 3.04. The van der Waals surface area contributed by atoms with Crippen LogP contribution in [0.1, 0.15) is 29.5 Å². The van der Waals surface area contributed by atoms with Gasteiger partial charge < -0.3 is 19.5 Å². The lowest BCUT2D eigenvalue weighted by molar-refractivity contribution is 0.110. The highest BCUT2D eigenvalue weighted by Gasteiger charge is 2.29. The van der Waals surface area contributed by atoms with Gasteiger partial charge in [0.1, 0.15) is 16.9 Å². The van der Waals surface area contributed by atoms with Crippen LogP contribution in [0.25, 0.3) is 0 Å². The molecule has 0 amide bonds. The van der Waals surface area contributed by atoms with Crippen LogP contribution in [-0.4, -0.2) is 49.3 Å². The summed E-state index contributed by atoms with van der Waals surface area (Å²) in [5, 5.41) is 10.2. The second-order valence-corrected chi connectivity index (χ2v) is 7.27. The van der Waals surface area contributed by atoms with Crippen LogP contribution < -0.4 is 4.74 Å². The number of hydrogen-bond donors (Lipinski definition) is 1. The molecule has 22 heavy (non-hydrogen) atoms. The van der Waals surface area contributed by atoms with Crippen LogP contribution >= 0.6 is 11.8 Å². The van der Waals surface area contributed by atoms with Crippen LogP contribution in [0, 0.1) is 20.8 Å². The van der Waals surface area contributed by atoms with Gasteiger partial charge in [0.05, 0.1) is 11.5 Å². The molecule has 1 heterocycles. The molecular formula is C17H27NO3S. The maximum atomic E-state index is 10.2. The van der Waals surface area contributed by atoms with E-state index < -0.39 is 0 Å². The van der Waals surface area contributed by atoms with Crippen LogP contribution in [0.15, 0.2) is 4.90 Å². The number of hydrogen-bond acceptors (Lipinski definition) is 5. The average Bonchev–Trinajstić information content (AvgIpc) is 2.90. The molecule has 0 aliphatic carbocycles. The summed E-state index contributed by atoms with van der Waals surface area (Å²) in [7, 11) is 4.09. The van der Waals surface area contributed by atoms with Gasteiger partial charge in [0.15, 0.2) is 0 Å². The highest BCUT2D eigenvalue weighted by atomic mass is 32.2. The highest BCUT2D eigenvalue weighted by molar-refractivity contribution is 8.00. The van der Waals surface area contributed by atoms with Gasteiger partial charge in [-0.2, -0.15) is 0 Å².